The Morgan fingerprint density at radius 2 is 2.12 bits per heavy atom. The standard InChI is InChI=1S/C11H12N2O2S2/c1-6-5-16-9(12-6)4-10-13-7(2)8(17-10)3-11(14)15/h5H,3-4H2,1-2H3,(H,14,15). The van der Waals surface area contributed by atoms with Crippen LogP contribution in [0.1, 0.15) is 26.3 Å². The fourth-order valence-electron chi connectivity index (χ4n) is 1.48. The van der Waals surface area contributed by atoms with Gasteiger partial charge in [0.15, 0.2) is 0 Å². The van der Waals surface area contributed by atoms with Gasteiger partial charge >= 0.3 is 5.97 Å². The molecule has 0 aliphatic rings. The molecule has 1 N–H and O–H groups in total. The number of hydrogen-bond donors (Lipinski definition) is 1. The number of aryl methyl sites for hydroxylation is 2. The zero-order chi connectivity index (χ0) is 12.4. The summed E-state index contributed by atoms with van der Waals surface area (Å²) in [7, 11) is 0. The van der Waals surface area contributed by atoms with Gasteiger partial charge in [0.05, 0.1) is 28.6 Å². The number of nitrogens with zero attached hydrogens (tertiary/aromatic N) is 2. The molecule has 0 atom stereocenters. The third-order valence-electron chi connectivity index (χ3n) is 2.22. The molecule has 0 amide bonds. The van der Waals surface area contributed by atoms with E-state index in [4.69, 9.17) is 5.11 Å². The predicted octanol–water partition coefficient (Wildman–Crippen LogP) is 2.43. The monoisotopic (exact) mass is 268 g/mol. The number of thiazole rings is 2. The van der Waals surface area contributed by atoms with Gasteiger partial charge in [-0.2, -0.15) is 0 Å². The molecule has 4 nitrogen and oxygen atoms in total. The highest BCUT2D eigenvalue weighted by atomic mass is 32.1. The van der Waals surface area contributed by atoms with Crippen LogP contribution in [0.25, 0.3) is 0 Å². The second-order valence-electron chi connectivity index (χ2n) is 3.75. The molecule has 0 bridgehead atoms. The number of hydrogen-bond acceptors (Lipinski definition) is 5. The highest BCUT2D eigenvalue weighted by molar-refractivity contribution is 7.12. The van der Waals surface area contributed by atoms with Crippen molar-refractivity contribution in [2.45, 2.75) is 26.7 Å². The van der Waals surface area contributed by atoms with Crippen LogP contribution in [0.3, 0.4) is 0 Å². The van der Waals surface area contributed by atoms with Crippen molar-refractivity contribution < 1.29 is 9.90 Å². The molecule has 0 radical (unpaired) electrons. The average Bonchev–Trinajstić information content (AvgIpc) is 2.74. The number of carboxylic acids is 1. The molecule has 2 rings (SSSR count). The fraction of sp³-hybridized carbons (Fsp3) is 0.364. The molecule has 0 spiro atoms. The Morgan fingerprint density at radius 1 is 1.35 bits per heavy atom. The van der Waals surface area contributed by atoms with Crippen molar-refractivity contribution in [2.75, 3.05) is 0 Å². The number of carbonyl (C=O) groups is 1. The van der Waals surface area contributed by atoms with Crippen LogP contribution >= 0.6 is 22.7 Å². The maximum Gasteiger partial charge on any atom is 0.308 e. The van der Waals surface area contributed by atoms with Crippen LogP contribution in [0.15, 0.2) is 5.38 Å². The minimum absolute atomic E-state index is 0.0559. The first-order valence-corrected chi connectivity index (χ1v) is 6.82. The van der Waals surface area contributed by atoms with Crippen LogP contribution in [0.5, 0.6) is 0 Å². The molecule has 0 aliphatic heterocycles. The molecule has 0 saturated heterocycles. The summed E-state index contributed by atoms with van der Waals surface area (Å²) in [5.74, 6) is -0.812. The normalized spacial score (nSPS) is 10.7. The molecule has 0 aromatic carbocycles. The summed E-state index contributed by atoms with van der Waals surface area (Å²) in [6, 6.07) is 0. The number of carboxylic acid groups (broad SMARTS) is 1. The van der Waals surface area contributed by atoms with Gasteiger partial charge in [-0.1, -0.05) is 0 Å². The second-order valence-corrected chi connectivity index (χ2v) is 5.86. The Balaban J connectivity index is 2.14. The maximum absolute atomic E-state index is 10.7. The van der Waals surface area contributed by atoms with Gasteiger partial charge in [0.2, 0.25) is 0 Å². The largest absolute Gasteiger partial charge is 0.481 e. The lowest BCUT2D eigenvalue weighted by atomic mass is 10.3. The van der Waals surface area contributed by atoms with Crippen molar-refractivity contribution >= 4 is 28.6 Å². The Kier molecular flexibility index (Phi) is 3.54. The summed E-state index contributed by atoms with van der Waals surface area (Å²) >= 11 is 3.08. The third-order valence-corrected chi connectivity index (χ3v) is 4.34. The van der Waals surface area contributed by atoms with Gasteiger partial charge in [0, 0.05) is 16.0 Å². The molecule has 0 aliphatic carbocycles. The summed E-state index contributed by atoms with van der Waals surface area (Å²) in [5.41, 5.74) is 1.84. The number of aliphatic carboxylic acids is 1. The molecule has 0 fully saturated rings. The minimum atomic E-state index is -0.812. The molecule has 17 heavy (non-hydrogen) atoms. The van der Waals surface area contributed by atoms with E-state index in [1.807, 2.05) is 19.2 Å². The maximum atomic E-state index is 10.7. The minimum Gasteiger partial charge on any atom is -0.481 e. The smallest absolute Gasteiger partial charge is 0.308 e. The van der Waals surface area contributed by atoms with Crippen molar-refractivity contribution in [3.8, 4) is 0 Å². The summed E-state index contributed by atoms with van der Waals surface area (Å²) in [6.07, 6.45) is 0.754. The van der Waals surface area contributed by atoms with Gasteiger partial charge in [0.25, 0.3) is 0 Å². The first-order chi connectivity index (χ1) is 8.04. The summed E-state index contributed by atoms with van der Waals surface area (Å²) in [4.78, 5) is 20.3. The lowest BCUT2D eigenvalue weighted by Gasteiger charge is -1.90. The van der Waals surface area contributed by atoms with Crippen LogP contribution in [-0.2, 0) is 17.6 Å². The van der Waals surface area contributed by atoms with Crippen molar-refractivity contribution in [1.29, 1.82) is 0 Å². The van der Waals surface area contributed by atoms with E-state index in [9.17, 15) is 4.79 Å². The topological polar surface area (TPSA) is 63.1 Å². The van der Waals surface area contributed by atoms with E-state index < -0.39 is 5.97 Å². The lowest BCUT2D eigenvalue weighted by Crippen LogP contribution is -1.99. The van der Waals surface area contributed by atoms with E-state index in [2.05, 4.69) is 9.97 Å². The van der Waals surface area contributed by atoms with Gasteiger partial charge < -0.3 is 5.11 Å². The predicted molar refractivity (Wildman–Crippen MR) is 67.8 cm³/mol. The highest BCUT2D eigenvalue weighted by Gasteiger charge is 2.12. The van der Waals surface area contributed by atoms with Gasteiger partial charge in [-0.05, 0) is 13.8 Å². The molecule has 2 aromatic rings. The Bertz CT molecular complexity index is 545. The fourth-order valence-corrected chi connectivity index (χ4v) is 3.41. The van der Waals surface area contributed by atoms with Crippen molar-refractivity contribution in [3.63, 3.8) is 0 Å². The first kappa shape index (κ1) is 12.2. The quantitative estimate of drug-likeness (QED) is 0.925. The molecule has 0 unspecified atom stereocenters. The van der Waals surface area contributed by atoms with E-state index in [1.54, 1.807) is 11.3 Å². The van der Waals surface area contributed by atoms with Crippen LogP contribution < -0.4 is 0 Å². The van der Waals surface area contributed by atoms with Crippen LogP contribution in [0.2, 0.25) is 0 Å². The molecule has 0 saturated carbocycles. The molecular weight excluding hydrogens is 256 g/mol. The van der Waals surface area contributed by atoms with Gasteiger partial charge in [-0.3, -0.25) is 4.79 Å². The lowest BCUT2D eigenvalue weighted by molar-refractivity contribution is -0.136. The zero-order valence-electron chi connectivity index (χ0n) is 9.56. The van der Waals surface area contributed by atoms with Gasteiger partial charge in [-0.25, -0.2) is 9.97 Å². The molecule has 6 heteroatoms. The SMILES string of the molecule is Cc1csc(Cc2nc(C)c(CC(=O)O)s2)n1. The van der Waals surface area contributed by atoms with Gasteiger partial charge in [-0.15, -0.1) is 22.7 Å². The second kappa shape index (κ2) is 4.93. The molecular formula is C11H12N2O2S2. The van der Waals surface area contributed by atoms with Crippen molar-refractivity contribution in [2.24, 2.45) is 0 Å². The van der Waals surface area contributed by atoms with E-state index in [1.165, 1.54) is 11.3 Å². The average molecular weight is 268 g/mol. The van der Waals surface area contributed by atoms with E-state index in [0.717, 1.165) is 26.3 Å². The van der Waals surface area contributed by atoms with Crippen LogP contribution in [0, 0.1) is 13.8 Å². The van der Waals surface area contributed by atoms with Crippen molar-refractivity contribution in [3.05, 3.63) is 31.7 Å². The van der Waals surface area contributed by atoms with E-state index in [-0.39, 0.29) is 6.42 Å². The van der Waals surface area contributed by atoms with E-state index in [0.29, 0.717) is 6.42 Å². The summed E-state index contributed by atoms with van der Waals surface area (Å²) < 4.78 is 0. The first-order valence-electron chi connectivity index (χ1n) is 5.12. The number of aromatic nitrogens is 2. The summed E-state index contributed by atoms with van der Waals surface area (Å²) in [5, 5.41) is 12.7. The Labute approximate surface area is 107 Å². The molecule has 2 aromatic heterocycles. The highest BCUT2D eigenvalue weighted by Crippen LogP contribution is 2.22. The molecule has 90 valence electrons. The molecule has 2 heterocycles. The van der Waals surface area contributed by atoms with E-state index >= 15 is 0 Å². The number of rotatable bonds is 4. The third kappa shape index (κ3) is 3.10. The van der Waals surface area contributed by atoms with Crippen molar-refractivity contribution in [1.82, 2.24) is 9.97 Å². The van der Waals surface area contributed by atoms with Gasteiger partial charge in [0.1, 0.15) is 0 Å². The van der Waals surface area contributed by atoms with Crippen LogP contribution in [-0.4, -0.2) is 21.0 Å². The summed E-state index contributed by atoms with van der Waals surface area (Å²) in [6.45, 7) is 3.81. The Morgan fingerprint density at radius 3 is 2.71 bits per heavy atom. The zero-order valence-corrected chi connectivity index (χ0v) is 11.2. The van der Waals surface area contributed by atoms with Crippen LogP contribution in [0.4, 0.5) is 0 Å². The Hall–Kier alpha value is -1.27.